The van der Waals surface area contributed by atoms with Crippen LogP contribution in [0.3, 0.4) is 0 Å². The van der Waals surface area contributed by atoms with Gasteiger partial charge in [-0.05, 0) is 6.42 Å². The molecule has 1 rings (SSSR count). The Balaban J connectivity index is 2.60. The van der Waals surface area contributed by atoms with Crippen LogP contribution in [0.5, 0.6) is 0 Å². The van der Waals surface area contributed by atoms with E-state index in [0.29, 0.717) is 6.54 Å². The molecular weight excluding hydrogens is 238 g/mol. The summed E-state index contributed by atoms with van der Waals surface area (Å²) in [6.07, 6.45) is -1.35. The molecule has 1 saturated heterocycles. The van der Waals surface area contributed by atoms with Crippen LogP contribution in [0, 0.1) is 0 Å². The summed E-state index contributed by atoms with van der Waals surface area (Å²) in [7, 11) is 0. The summed E-state index contributed by atoms with van der Waals surface area (Å²) in [5, 5.41) is 48.1. The van der Waals surface area contributed by atoms with Crippen LogP contribution < -0.4 is 0 Å². The van der Waals surface area contributed by atoms with Gasteiger partial charge in [0.2, 0.25) is 0 Å². The highest BCUT2D eigenvalue weighted by atomic mass is 16.4. The third kappa shape index (κ3) is 3.40. The Hall–Kier alpha value is -0.240. The van der Waals surface area contributed by atoms with E-state index >= 15 is 0 Å². The normalized spacial score (nSPS) is 38.0. The minimum absolute atomic E-state index is 0.365. The quantitative estimate of drug-likeness (QED) is 0.379. The van der Waals surface area contributed by atoms with Crippen molar-refractivity contribution in [2.75, 3.05) is 13.2 Å². The van der Waals surface area contributed by atoms with Crippen LogP contribution in [0.4, 0.5) is 0 Å². The van der Waals surface area contributed by atoms with Gasteiger partial charge in [0.05, 0.1) is 12.6 Å². The molecule has 6 nitrogen and oxygen atoms in total. The van der Waals surface area contributed by atoms with Crippen LogP contribution >= 0.6 is 0 Å². The molecule has 1 aliphatic rings. The molecule has 0 radical (unpaired) electrons. The summed E-state index contributed by atoms with van der Waals surface area (Å²) >= 11 is 0. The minimum Gasteiger partial charge on any atom is -0.395 e. The van der Waals surface area contributed by atoms with Crippen LogP contribution in [0.15, 0.2) is 0 Å². The van der Waals surface area contributed by atoms with E-state index in [2.05, 4.69) is 6.92 Å². The summed E-state index contributed by atoms with van der Waals surface area (Å²) in [4.78, 5) is 1.47. The van der Waals surface area contributed by atoms with Crippen molar-refractivity contribution in [3.8, 4) is 0 Å². The monoisotopic (exact) mass is 263 g/mol. The largest absolute Gasteiger partial charge is 0.395 e. The average Bonchev–Trinajstić information content (AvgIpc) is 2.38. The molecular formula is C12H25NO5. The third-order valence-corrected chi connectivity index (χ3v) is 3.62. The standard InChI is InChI=1S/C12H25NO5/c1-2-3-4-5-6-13-8(7-14)9(15)10(16)11(17)12(13)18/h8-12,14-18H,2-7H2,1H3/t8-,9-,10+,11-,12?/m1/s1. The molecule has 0 aliphatic carbocycles. The van der Waals surface area contributed by atoms with E-state index in [4.69, 9.17) is 0 Å². The van der Waals surface area contributed by atoms with Crippen LogP contribution in [0.25, 0.3) is 0 Å². The van der Waals surface area contributed by atoms with Gasteiger partial charge in [-0.25, -0.2) is 0 Å². The van der Waals surface area contributed by atoms with Gasteiger partial charge in [-0.1, -0.05) is 26.2 Å². The van der Waals surface area contributed by atoms with E-state index < -0.39 is 30.6 Å². The molecule has 0 amide bonds. The van der Waals surface area contributed by atoms with Gasteiger partial charge < -0.3 is 25.5 Å². The summed E-state index contributed by atoms with van der Waals surface area (Å²) in [6, 6.07) is -0.736. The van der Waals surface area contributed by atoms with Crippen molar-refractivity contribution < 1.29 is 25.5 Å². The van der Waals surface area contributed by atoms with Gasteiger partial charge in [-0.2, -0.15) is 0 Å². The zero-order valence-electron chi connectivity index (χ0n) is 10.8. The first-order valence-corrected chi connectivity index (χ1v) is 6.63. The first-order chi connectivity index (χ1) is 8.54. The fourth-order valence-electron chi connectivity index (χ4n) is 2.43. The second kappa shape index (κ2) is 7.37. The maximum Gasteiger partial charge on any atom is 0.136 e. The van der Waals surface area contributed by atoms with E-state index in [1.165, 1.54) is 4.90 Å². The maximum atomic E-state index is 9.88. The topological polar surface area (TPSA) is 104 Å². The fourth-order valence-corrected chi connectivity index (χ4v) is 2.43. The molecule has 1 unspecified atom stereocenters. The van der Waals surface area contributed by atoms with Crippen LogP contribution in [0.1, 0.15) is 32.6 Å². The smallest absolute Gasteiger partial charge is 0.136 e. The van der Waals surface area contributed by atoms with Crippen molar-refractivity contribution in [1.29, 1.82) is 0 Å². The highest BCUT2D eigenvalue weighted by molar-refractivity contribution is 4.96. The van der Waals surface area contributed by atoms with Crippen molar-refractivity contribution in [3.05, 3.63) is 0 Å². The predicted molar refractivity (Wildman–Crippen MR) is 65.7 cm³/mol. The van der Waals surface area contributed by atoms with Crippen molar-refractivity contribution in [2.45, 2.75) is 63.2 Å². The number of likely N-dealkylation sites (tertiary alicyclic amines) is 1. The lowest BCUT2D eigenvalue weighted by Crippen LogP contribution is -2.67. The molecule has 6 heteroatoms. The number of aliphatic hydroxyl groups excluding tert-OH is 5. The molecule has 0 bridgehead atoms. The molecule has 1 fully saturated rings. The van der Waals surface area contributed by atoms with E-state index in [1.807, 2.05) is 0 Å². The molecule has 0 aromatic heterocycles. The van der Waals surface area contributed by atoms with Crippen molar-refractivity contribution >= 4 is 0 Å². The molecule has 0 spiro atoms. The summed E-state index contributed by atoms with van der Waals surface area (Å²) in [6.45, 7) is 2.21. The number of aliphatic hydroxyl groups is 5. The molecule has 0 aromatic carbocycles. The van der Waals surface area contributed by atoms with Gasteiger partial charge in [-0.15, -0.1) is 0 Å². The van der Waals surface area contributed by atoms with Crippen molar-refractivity contribution in [2.24, 2.45) is 0 Å². The number of rotatable bonds is 6. The molecule has 0 aromatic rings. The van der Waals surface area contributed by atoms with E-state index in [9.17, 15) is 25.5 Å². The second-order valence-electron chi connectivity index (χ2n) is 4.93. The van der Waals surface area contributed by atoms with E-state index in [1.54, 1.807) is 0 Å². The maximum absolute atomic E-state index is 9.88. The molecule has 5 N–H and O–H groups in total. The Morgan fingerprint density at radius 3 is 2.11 bits per heavy atom. The van der Waals surface area contributed by atoms with Gasteiger partial charge in [0.15, 0.2) is 0 Å². The number of piperidine rings is 1. The Morgan fingerprint density at radius 2 is 1.56 bits per heavy atom. The number of unbranched alkanes of at least 4 members (excludes halogenated alkanes) is 3. The van der Waals surface area contributed by atoms with Crippen LogP contribution in [-0.2, 0) is 0 Å². The SMILES string of the molecule is CCCCCCN1C(O)[C@H](O)[C@@H](O)[C@H](O)[C@H]1CO. The molecule has 108 valence electrons. The molecule has 1 heterocycles. The average molecular weight is 263 g/mol. The Labute approximate surface area is 107 Å². The van der Waals surface area contributed by atoms with Gasteiger partial charge in [0.1, 0.15) is 24.5 Å². The summed E-state index contributed by atoms with van der Waals surface area (Å²) in [5.74, 6) is 0. The lowest BCUT2D eigenvalue weighted by molar-refractivity contribution is -0.222. The van der Waals surface area contributed by atoms with Gasteiger partial charge >= 0.3 is 0 Å². The minimum atomic E-state index is -1.43. The van der Waals surface area contributed by atoms with Crippen molar-refractivity contribution in [3.63, 3.8) is 0 Å². The van der Waals surface area contributed by atoms with Gasteiger partial charge in [0, 0.05) is 6.54 Å². The Bertz CT molecular complexity index is 241. The van der Waals surface area contributed by atoms with Gasteiger partial charge in [-0.3, -0.25) is 4.90 Å². The fraction of sp³-hybridized carbons (Fsp3) is 1.00. The first-order valence-electron chi connectivity index (χ1n) is 6.63. The zero-order chi connectivity index (χ0) is 13.7. The zero-order valence-corrected chi connectivity index (χ0v) is 10.8. The first kappa shape index (κ1) is 15.8. The molecule has 1 aliphatic heterocycles. The summed E-state index contributed by atoms with van der Waals surface area (Å²) in [5.41, 5.74) is 0. The van der Waals surface area contributed by atoms with Gasteiger partial charge in [0.25, 0.3) is 0 Å². The second-order valence-corrected chi connectivity index (χ2v) is 4.93. The molecule has 18 heavy (non-hydrogen) atoms. The number of hydrogen-bond acceptors (Lipinski definition) is 6. The highest BCUT2D eigenvalue weighted by Crippen LogP contribution is 2.23. The number of hydrogen-bond donors (Lipinski definition) is 5. The van der Waals surface area contributed by atoms with Crippen LogP contribution in [-0.4, -0.2) is 74.2 Å². The number of nitrogens with zero attached hydrogens (tertiary/aromatic N) is 1. The van der Waals surface area contributed by atoms with Crippen molar-refractivity contribution in [1.82, 2.24) is 4.90 Å². The van der Waals surface area contributed by atoms with E-state index in [0.717, 1.165) is 25.7 Å². The highest BCUT2D eigenvalue weighted by Gasteiger charge is 2.46. The third-order valence-electron chi connectivity index (χ3n) is 3.62. The lowest BCUT2D eigenvalue weighted by Gasteiger charge is -2.46. The van der Waals surface area contributed by atoms with E-state index in [-0.39, 0.29) is 6.61 Å². The Kier molecular flexibility index (Phi) is 6.48. The lowest BCUT2D eigenvalue weighted by atomic mass is 9.92. The Morgan fingerprint density at radius 1 is 0.889 bits per heavy atom. The van der Waals surface area contributed by atoms with Crippen LogP contribution in [0.2, 0.25) is 0 Å². The molecule has 0 saturated carbocycles. The molecule has 5 atom stereocenters. The summed E-state index contributed by atoms with van der Waals surface area (Å²) < 4.78 is 0. The predicted octanol–water partition coefficient (Wildman–Crippen LogP) is -1.36.